The van der Waals surface area contributed by atoms with E-state index in [1.54, 1.807) is 34.6 Å². The van der Waals surface area contributed by atoms with Gasteiger partial charge in [-0.2, -0.15) is 0 Å². The van der Waals surface area contributed by atoms with Crippen LogP contribution in [0.2, 0.25) is 10.0 Å². The average molecular weight is 561 g/mol. The second-order valence-corrected chi connectivity index (χ2v) is 13.5. The zero-order chi connectivity index (χ0) is 26.9. The van der Waals surface area contributed by atoms with Crippen molar-refractivity contribution in [2.45, 2.75) is 89.2 Å². The summed E-state index contributed by atoms with van der Waals surface area (Å²) in [5.41, 5.74) is -0.889. The zero-order valence-corrected chi connectivity index (χ0v) is 23.7. The van der Waals surface area contributed by atoms with Crippen LogP contribution < -0.4 is 10.0 Å². The number of halogens is 2. The van der Waals surface area contributed by atoms with E-state index in [4.69, 9.17) is 27.6 Å². The lowest BCUT2D eigenvalue weighted by Crippen LogP contribution is -2.40. The van der Waals surface area contributed by atoms with Crippen LogP contribution in [-0.4, -0.2) is 42.1 Å². The van der Waals surface area contributed by atoms with Gasteiger partial charge in [-0.1, -0.05) is 55.3 Å². The van der Waals surface area contributed by atoms with Gasteiger partial charge in [0, 0.05) is 17.6 Å². The lowest BCUT2D eigenvalue weighted by Gasteiger charge is -2.21. The number of hydrogen-bond donors (Lipinski definition) is 3. The first-order chi connectivity index (χ1) is 16.6. The number of sulfonamides is 1. The Bertz CT molecular complexity index is 1210. The Kier molecular flexibility index (Phi) is 8.83. The molecule has 1 heterocycles. The summed E-state index contributed by atoms with van der Waals surface area (Å²) in [5, 5.41) is 12.4. The average Bonchev–Trinajstić information content (AvgIpc) is 3.15. The number of nitrogens with zero attached hydrogens (tertiary/aromatic N) is 1. The van der Waals surface area contributed by atoms with E-state index in [9.17, 15) is 18.3 Å². The number of amides is 1. The number of hydrogen-bond acceptors (Lipinski definition) is 6. The van der Waals surface area contributed by atoms with Crippen LogP contribution in [-0.2, 0) is 16.4 Å². The first-order valence-electron chi connectivity index (χ1n) is 12.1. The maximum absolute atomic E-state index is 12.9. The van der Waals surface area contributed by atoms with Gasteiger partial charge in [-0.05, 0) is 59.1 Å². The summed E-state index contributed by atoms with van der Waals surface area (Å²) in [5.74, 6) is -0.0456. The monoisotopic (exact) mass is 559 g/mol. The molecule has 0 saturated heterocycles. The molecule has 11 heteroatoms. The Morgan fingerprint density at radius 1 is 1.11 bits per heavy atom. The molecule has 2 aromatic rings. The van der Waals surface area contributed by atoms with Crippen LogP contribution >= 0.6 is 23.2 Å². The van der Waals surface area contributed by atoms with Crippen LogP contribution in [0, 0.1) is 5.92 Å². The SMILES string of the molecule is CC(C)(O)CNC(=O)c1nc(CC2CCCCC2)c(-c2ccc(S(=O)(=O)NC(C)(C)C)c(Cl)c2Cl)o1. The molecule has 1 aliphatic rings. The van der Waals surface area contributed by atoms with E-state index in [0.29, 0.717) is 23.6 Å². The van der Waals surface area contributed by atoms with Gasteiger partial charge in [-0.25, -0.2) is 18.1 Å². The normalized spacial score (nSPS) is 15.8. The third-order valence-corrected chi connectivity index (χ3v) is 8.60. The molecule has 1 aromatic heterocycles. The number of carbonyl (C=O) groups excluding carboxylic acids is 1. The van der Waals surface area contributed by atoms with Crippen molar-refractivity contribution < 1.29 is 22.7 Å². The van der Waals surface area contributed by atoms with E-state index in [-0.39, 0.29) is 33.1 Å². The van der Waals surface area contributed by atoms with Crippen molar-refractivity contribution in [3.8, 4) is 11.3 Å². The van der Waals surface area contributed by atoms with Gasteiger partial charge in [-0.15, -0.1) is 0 Å². The second-order valence-electron chi connectivity index (χ2n) is 11.1. The van der Waals surface area contributed by atoms with Gasteiger partial charge in [0.05, 0.1) is 21.3 Å². The third-order valence-electron chi connectivity index (χ3n) is 5.80. The van der Waals surface area contributed by atoms with Crippen molar-refractivity contribution in [1.29, 1.82) is 0 Å². The molecular weight excluding hydrogens is 525 g/mol. The summed E-state index contributed by atoms with van der Waals surface area (Å²) in [6.45, 7) is 8.35. The number of benzene rings is 1. The molecule has 0 radical (unpaired) electrons. The Hall–Kier alpha value is -1.65. The van der Waals surface area contributed by atoms with Crippen LogP contribution in [0.5, 0.6) is 0 Å². The molecule has 36 heavy (non-hydrogen) atoms. The highest BCUT2D eigenvalue weighted by Crippen LogP contribution is 2.40. The molecule has 0 aliphatic heterocycles. The molecule has 1 fully saturated rings. The van der Waals surface area contributed by atoms with Crippen LogP contribution in [0.15, 0.2) is 21.4 Å². The number of aromatic nitrogens is 1. The van der Waals surface area contributed by atoms with Gasteiger partial charge < -0.3 is 14.8 Å². The Morgan fingerprint density at radius 2 is 1.75 bits per heavy atom. The van der Waals surface area contributed by atoms with Gasteiger partial charge in [0.25, 0.3) is 5.89 Å². The molecule has 1 aromatic carbocycles. The molecule has 0 spiro atoms. The van der Waals surface area contributed by atoms with E-state index in [1.165, 1.54) is 18.6 Å². The highest BCUT2D eigenvalue weighted by Gasteiger charge is 2.30. The van der Waals surface area contributed by atoms with E-state index >= 15 is 0 Å². The van der Waals surface area contributed by atoms with Crippen LogP contribution in [0.4, 0.5) is 0 Å². The van der Waals surface area contributed by atoms with Crippen molar-refractivity contribution in [1.82, 2.24) is 15.0 Å². The molecule has 1 amide bonds. The molecule has 200 valence electrons. The fourth-order valence-corrected chi connectivity index (χ4v) is 6.48. The van der Waals surface area contributed by atoms with E-state index < -0.39 is 27.1 Å². The minimum Gasteiger partial charge on any atom is -0.432 e. The summed E-state index contributed by atoms with van der Waals surface area (Å²) in [6.07, 6.45) is 6.17. The molecule has 1 aliphatic carbocycles. The third kappa shape index (κ3) is 7.44. The molecule has 3 N–H and O–H groups in total. The van der Waals surface area contributed by atoms with Crippen molar-refractivity contribution >= 4 is 39.1 Å². The zero-order valence-electron chi connectivity index (χ0n) is 21.4. The van der Waals surface area contributed by atoms with E-state index in [0.717, 1.165) is 25.7 Å². The molecule has 0 bridgehead atoms. The maximum atomic E-state index is 12.9. The molecule has 0 unspecified atom stereocenters. The van der Waals surface area contributed by atoms with Crippen molar-refractivity contribution in [2.75, 3.05) is 6.54 Å². The summed E-state index contributed by atoms with van der Waals surface area (Å²) >= 11 is 13.0. The second kappa shape index (κ2) is 11.0. The van der Waals surface area contributed by atoms with Crippen LogP contribution in [0.3, 0.4) is 0 Å². The Labute approximate surface area is 223 Å². The number of aliphatic hydroxyl groups is 1. The van der Waals surface area contributed by atoms with E-state index in [2.05, 4.69) is 15.0 Å². The van der Waals surface area contributed by atoms with Gasteiger partial charge in [0.2, 0.25) is 10.0 Å². The standard InChI is InChI=1S/C25H35Cl2N3O5S/c1-24(2,3)30-36(33,34)18-12-11-16(19(26)20(18)27)21-17(13-15-9-7-6-8-10-15)29-23(35-21)22(31)28-14-25(4,5)32/h11-12,15,30,32H,6-10,13-14H2,1-5H3,(H,28,31). The largest absolute Gasteiger partial charge is 0.432 e. The van der Waals surface area contributed by atoms with Gasteiger partial charge in [0.15, 0.2) is 5.76 Å². The van der Waals surface area contributed by atoms with Crippen LogP contribution in [0.1, 0.15) is 83.1 Å². The lowest BCUT2D eigenvalue weighted by atomic mass is 9.85. The van der Waals surface area contributed by atoms with Crippen molar-refractivity contribution in [3.63, 3.8) is 0 Å². The predicted molar refractivity (Wildman–Crippen MR) is 141 cm³/mol. The molecule has 8 nitrogen and oxygen atoms in total. The number of nitrogens with one attached hydrogen (secondary N) is 2. The van der Waals surface area contributed by atoms with E-state index in [1.807, 2.05) is 0 Å². The van der Waals surface area contributed by atoms with Crippen molar-refractivity contribution in [3.05, 3.63) is 33.8 Å². The predicted octanol–water partition coefficient (Wildman–Crippen LogP) is 5.35. The quantitative estimate of drug-likeness (QED) is 0.400. The minimum absolute atomic E-state index is 0.00190. The summed E-state index contributed by atoms with van der Waals surface area (Å²) < 4.78 is 34.2. The minimum atomic E-state index is -3.93. The van der Waals surface area contributed by atoms with Crippen molar-refractivity contribution in [2.24, 2.45) is 5.92 Å². The molecule has 3 rings (SSSR count). The summed E-state index contributed by atoms with van der Waals surface area (Å²) in [6, 6.07) is 2.90. The number of rotatable bonds is 8. The first-order valence-corrected chi connectivity index (χ1v) is 14.3. The van der Waals surface area contributed by atoms with Gasteiger partial charge in [-0.3, -0.25) is 4.79 Å². The fraction of sp³-hybridized carbons (Fsp3) is 0.600. The summed E-state index contributed by atoms with van der Waals surface area (Å²) in [7, 11) is -3.93. The maximum Gasteiger partial charge on any atom is 0.307 e. The molecule has 0 atom stereocenters. The highest BCUT2D eigenvalue weighted by atomic mass is 35.5. The van der Waals surface area contributed by atoms with Gasteiger partial charge >= 0.3 is 5.91 Å². The number of oxazole rings is 1. The summed E-state index contributed by atoms with van der Waals surface area (Å²) in [4.78, 5) is 17.1. The number of carbonyl (C=O) groups is 1. The van der Waals surface area contributed by atoms with Crippen LogP contribution in [0.25, 0.3) is 11.3 Å². The molecule has 1 saturated carbocycles. The molecular formula is C25H35Cl2N3O5S. The smallest absolute Gasteiger partial charge is 0.307 e. The Balaban J connectivity index is 2.02. The highest BCUT2D eigenvalue weighted by molar-refractivity contribution is 7.89. The lowest BCUT2D eigenvalue weighted by molar-refractivity contribution is 0.0678. The fourth-order valence-electron chi connectivity index (χ4n) is 4.21. The Morgan fingerprint density at radius 3 is 2.33 bits per heavy atom. The topological polar surface area (TPSA) is 122 Å². The van der Waals surface area contributed by atoms with Gasteiger partial charge in [0.1, 0.15) is 4.90 Å². The first kappa shape index (κ1) is 28.9.